The van der Waals surface area contributed by atoms with E-state index in [1.165, 1.54) is 12.1 Å². The van der Waals surface area contributed by atoms with Crippen molar-refractivity contribution in [1.82, 2.24) is 0 Å². The smallest absolute Gasteiger partial charge is 0.255 e. The van der Waals surface area contributed by atoms with Crippen LogP contribution in [0, 0.1) is 0 Å². The molecule has 0 unspecified atom stereocenters. The number of carbonyl (C=O) groups is 1. The lowest BCUT2D eigenvalue weighted by Crippen LogP contribution is -2.11. The molecule has 0 radical (unpaired) electrons. The van der Waals surface area contributed by atoms with Crippen LogP contribution < -0.4 is 14.8 Å². The highest BCUT2D eigenvalue weighted by molar-refractivity contribution is 6.04. The highest BCUT2D eigenvalue weighted by Crippen LogP contribution is 2.32. The van der Waals surface area contributed by atoms with E-state index in [1.54, 1.807) is 30.3 Å². The molecule has 0 atom stereocenters. The molecule has 0 aromatic heterocycles. The normalized spacial score (nSPS) is 12.2. The first-order chi connectivity index (χ1) is 9.22. The van der Waals surface area contributed by atoms with Gasteiger partial charge in [0.25, 0.3) is 5.91 Å². The maximum atomic E-state index is 12.0. The number of benzene rings is 2. The molecule has 0 saturated carbocycles. The van der Waals surface area contributed by atoms with Gasteiger partial charge in [0, 0.05) is 17.3 Å². The monoisotopic (exact) mass is 257 g/mol. The SMILES string of the molecule is O=C(Nc1cccc(O)c1)c1ccc2c(c1)OCO2. The number of anilines is 1. The Bertz CT molecular complexity index is 639. The Morgan fingerprint density at radius 3 is 2.79 bits per heavy atom. The fraction of sp³-hybridized carbons (Fsp3) is 0.0714. The Labute approximate surface area is 109 Å². The van der Waals surface area contributed by atoms with Gasteiger partial charge in [-0.15, -0.1) is 0 Å². The van der Waals surface area contributed by atoms with Gasteiger partial charge in [-0.3, -0.25) is 4.79 Å². The summed E-state index contributed by atoms with van der Waals surface area (Å²) in [7, 11) is 0. The number of fused-ring (bicyclic) bond motifs is 1. The van der Waals surface area contributed by atoms with Crippen molar-refractivity contribution in [3.8, 4) is 17.2 Å². The number of nitrogens with one attached hydrogen (secondary N) is 1. The zero-order valence-corrected chi connectivity index (χ0v) is 9.92. The van der Waals surface area contributed by atoms with Crippen molar-refractivity contribution in [2.75, 3.05) is 12.1 Å². The number of phenolic OH excluding ortho intramolecular Hbond substituents is 1. The summed E-state index contributed by atoms with van der Waals surface area (Å²) < 4.78 is 10.4. The Balaban J connectivity index is 1.81. The van der Waals surface area contributed by atoms with E-state index in [-0.39, 0.29) is 18.4 Å². The van der Waals surface area contributed by atoms with Crippen molar-refractivity contribution < 1.29 is 19.4 Å². The third-order valence-corrected chi connectivity index (χ3v) is 2.74. The first-order valence-electron chi connectivity index (χ1n) is 5.72. The molecule has 2 aromatic carbocycles. The molecule has 1 amide bonds. The second kappa shape index (κ2) is 4.53. The maximum Gasteiger partial charge on any atom is 0.255 e. The first kappa shape index (κ1) is 11.4. The fourth-order valence-corrected chi connectivity index (χ4v) is 1.82. The predicted molar refractivity (Wildman–Crippen MR) is 68.6 cm³/mol. The molecule has 5 nitrogen and oxygen atoms in total. The number of amides is 1. The van der Waals surface area contributed by atoms with E-state index < -0.39 is 0 Å². The van der Waals surface area contributed by atoms with Crippen LogP contribution in [0.1, 0.15) is 10.4 Å². The Kier molecular flexibility index (Phi) is 2.72. The summed E-state index contributed by atoms with van der Waals surface area (Å²) in [6.45, 7) is 0.174. The largest absolute Gasteiger partial charge is 0.508 e. The van der Waals surface area contributed by atoms with Crippen LogP contribution >= 0.6 is 0 Å². The Morgan fingerprint density at radius 1 is 1.11 bits per heavy atom. The van der Waals surface area contributed by atoms with Crippen LogP contribution in [-0.4, -0.2) is 17.8 Å². The van der Waals surface area contributed by atoms with E-state index in [4.69, 9.17) is 9.47 Å². The van der Waals surface area contributed by atoms with Gasteiger partial charge in [0.2, 0.25) is 6.79 Å². The molecular weight excluding hydrogens is 246 g/mol. The molecule has 1 aliphatic heterocycles. The minimum atomic E-state index is -0.274. The van der Waals surface area contributed by atoms with E-state index in [0.717, 1.165) is 0 Å². The van der Waals surface area contributed by atoms with Crippen LogP contribution in [-0.2, 0) is 0 Å². The Morgan fingerprint density at radius 2 is 1.95 bits per heavy atom. The van der Waals surface area contributed by atoms with Gasteiger partial charge < -0.3 is 19.9 Å². The van der Waals surface area contributed by atoms with Crippen LogP contribution in [0.4, 0.5) is 5.69 Å². The van der Waals surface area contributed by atoms with Crippen LogP contribution in [0.5, 0.6) is 17.2 Å². The zero-order valence-electron chi connectivity index (χ0n) is 9.92. The van der Waals surface area contributed by atoms with Gasteiger partial charge in [-0.25, -0.2) is 0 Å². The molecular formula is C14H11NO4. The number of phenols is 1. The average molecular weight is 257 g/mol. The predicted octanol–water partition coefficient (Wildman–Crippen LogP) is 2.37. The number of ether oxygens (including phenoxy) is 2. The third-order valence-electron chi connectivity index (χ3n) is 2.74. The molecule has 96 valence electrons. The highest BCUT2D eigenvalue weighted by atomic mass is 16.7. The van der Waals surface area contributed by atoms with Crippen molar-refractivity contribution in [3.05, 3.63) is 48.0 Å². The summed E-state index contributed by atoms with van der Waals surface area (Å²) in [5.41, 5.74) is 0.996. The molecule has 2 N–H and O–H groups in total. The minimum absolute atomic E-state index is 0.100. The lowest BCUT2D eigenvalue weighted by atomic mass is 10.2. The van der Waals surface area contributed by atoms with Crippen LogP contribution in [0.2, 0.25) is 0 Å². The quantitative estimate of drug-likeness (QED) is 0.866. The number of aromatic hydroxyl groups is 1. The molecule has 0 bridgehead atoms. The number of carbonyl (C=O) groups excluding carboxylic acids is 1. The second-order valence-corrected chi connectivity index (χ2v) is 4.07. The van der Waals surface area contributed by atoms with Crippen LogP contribution in [0.25, 0.3) is 0 Å². The number of hydrogen-bond acceptors (Lipinski definition) is 4. The molecule has 2 aromatic rings. The summed E-state index contributed by atoms with van der Waals surface area (Å²) >= 11 is 0. The zero-order chi connectivity index (χ0) is 13.2. The molecule has 1 heterocycles. The van der Waals surface area contributed by atoms with Gasteiger partial charge in [0.05, 0.1) is 0 Å². The van der Waals surface area contributed by atoms with E-state index >= 15 is 0 Å². The standard InChI is InChI=1S/C14H11NO4/c16-11-3-1-2-10(7-11)15-14(17)9-4-5-12-13(6-9)19-8-18-12/h1-7,16H,8H2,(H,15,17). The van der Waals surface area contributed by atoms with Crippen molar-refractivity contribution in [2.24, 2.45) is 0 Å². The summed E-state index contributed by atoms with van der Waals surface area (Å²) in [6.07, 6.45) is 0. The van der Waals surface area contributed by atoms with E-state index in [1.807, 2.05) is 0 Å². The highest BCUT2D eigenvalue weighted by Gasteiger charge is 2.16. The van der Waals surface area contributed by atoms with Crippen molar-refractivity contribution in [2.45, 2.75) is 0 Å². The molecule has 0 spiro atoms. The van der Waals surface area contributed by atoms with Gasteiger partial charge in [-0.05, 0) is 30.3 Å². The number of rotatable bonds is 2. The van der Waals surface area contributed by atoms with E-state index in [0.29, 0.717) is 22.7 Å². The van der Waals surface area contributed by atoms with Crippen LogP contribution in [0.3, 0.4) is 0 Å². The van der Waals surface area contributed by atoms with Crippen LogP contribution in [0.15, 0.2) is 42.5 Å². The van der Waals surface area contributed by atoms with Gasteiger partial charge in [-0.1, -0.05) is 6.07 Å². The lowest BCUT2D eigenvalue weighted by Gasteiger charge is -2.06. The molecule has 0 fully saturated rings. The summed E-state index contributed by atoms with van der Waals surface area (Å²) in [5, 5.41) is 12.0. The summed E-state index contributed by atoms with van der Waals surface area (Å²) in [5.74, 6) is 1.02. The minimum Gasteiger partial charge on any atom is -0.508 e. The lowest BCUT2D eigenvalue weighted by molar-refractivity contribution is 0.102. The van der Waals surface area contributed by atoms with Gasteiger partial charge in [0.1, 0.15) is 5.75 Å². The second-order valence-electron chi connectivity index (χ2n) is 4.07. The molecule has 1 aliphatic rings. The van der Waals surface area contributed by atoms with Crippen molar-refractivity contribution in [3.63, 3.8) is 0 Å². The number of hydrogen-bond donors (Lipinski definition) is 2. The fourth-order valence-electron chi connectivity index (χ4n) is 1.82. The first-order valence-corrected chi connectivity index (χ1v) is 5.72. The molecule has 0 saturated heterocycles. The summed E-state index contributed by atoms with van der Waals surface area (Å²) in [4.78, 5) is 12.0. The summed E-state index contributed by atoms with van der Waals surface area (Å²) in [6, 6.07) is 11.3. The molecule has 0 aliphatic carbocycles. The van der Waals surface area contributed by atoms with Crippen molar-refractivity contribution in [1.29, 1.82) is 0 Å². The average Bonchev–Trinajstić information content (AvgIpc) is 2.85. The third kappa shape index (κ3) is 2.30. The maximum absolute atomic E-state index is 12.0. The van der Waals surface area contributed by atoms with Gasteiger partial charge in [-0.2, -0.15) is 0 Å². The van der Waals surface area contributed by atoms with Crippen molar-refractivity contribution >= 4 is 11.6 Å². The molecule has 19 heavy (non-hydrogen) atoms. The molecule has 3 rings (SSSR count). The molecule has 5 heteroatoms. The van der Waals surface area contributed by atoms with E-state index in [9.17, 15) is 9.90 Å². The van der Waals surface area contributed by atoms with Gasteiger partial charge >= 0.3 is 0 Å². The van der Waals surface area contributed by atoms with Gasteiger partial charge in [0.15, 0.2) is 11.5 Å². The Hall–Kier alpha value is -2.69. The van der Waals surface area contributed by atoms with E-state index in [2.05, 4.69) is 5.32 Å². The topological polar surface area (TPSA) is 67.8 Å².